The first-order chi connectivity index (χ1) is 10.0. The average Bonchev–Trinajstić information content (AvgIpc) is 2.97. The molecule has 7 heteroatoms. The lowest BCUT2D eigenvalue weighted by atomic mass is 10.2. The first kappa shape index (κ1) is 15.9. The van der Waals surface area contributed by atoms with Crippen molar-refractivity contribution >= 4 is 5.91 Å². The zero-order chi connectivity index (χ0) is 15.4. The summed E-state index contributed by atoms with van der Waals surface area (Å²) in [7, 11) is 1.54. The third kappa shape index (κ3) is 3.79. The molecule has 1 aromatic rings. The predicted molar refractivity (Wildman–Crippen MR) is 76.8 cm³/mol. The maximum atomic E-state index is 11.8. The molecule has 2 rings (SSSR count). The quantitative estimate of drug-likeness (QED) is 0.808. The Hall–Kier alpha value is -1.47. The Bertz CT molecular complexity index is 467. The van der Waals surface area contributed by atoms with Gasteiger partial charge in [-0.25, -0.2) is 0 Å². The fraction of sp³-hybridized carbons (Fsp3) is 0.786. The molecular formula is C14H24N4O3. The molecule has 7 nitrogen and oxygen atoms in total. The molecule has 0 spiro atoms. The molecule has 1 amide bonds. The molecule has 1 fully saturated rings. The summed E-state index contributed by atoms with van der Waals surface area (Å²) in [6.45, 7) is 9.31. The molecule has 118 valence electrons. The Balaban J connectivity index is 1.90. The van der Waals surface area contributed by atoms with E-state index in [9.17, 15) is 4.79 Å². The summed E-state index contributed by atoms with van der Waals surface area (Å²) in [6, 6.07) is 0.0738. The number of carbonyl (C=O) groups excluding carboxylic acids is 1. The third-order valence-electron chi connectivity index (χ3n) is 3.81. The van der Waals surface area contributed by atoms with Crippen molar-refractivity contribution in [3.8, 4) is 0 Å². The maximum absolute atomic E-state index is 11.8. The van der Waals surface area contributed by atoms with Crippen LogP contribution < -0.4 is 0 Å². The highest BCUT2D eigenvalue weighted by Gasteiger charge is 2.27. The number of aromatic nitrogens is 2. The van der Waals surface area contributed by atoms with Gasteiger partial charge < -0.3 is 14.2 Å². The minimum Gasteiger partial charge on any atom is -0.375 e. The van der Waals surface area contributed by atoms with Crippen molar-refractivity contribution in [2.24, 2.45) is 0 Å². The monoisotopic (exact) mass is 296 g/mol. The molecule has 0 bridgehead atoms. The molecule has 0 aromatic carbocycles. The van der Waals surface area contributed by atoms with Gasteiger partial charge in [0.25, 0.3) is 0 Å². The molecule has 0 N–H and O–H groups in total. The van der Waals surface area contributed by atoms with Crippen molar-refractivity contribution in [2.75, 3.05) is 39.9 Å². The number of methoxy groups -OCH3 is 1. The average molecular weight is 296 g/mol. The smallest absolute Gasteiger partial charge is 0.248 e. The Morgan fingerprint density at radius 3 is 2.48 bits per heavy atom. The van der Waals surface area contributed by atoms with E-state index in [-0.39, 0.29) is 24.5 Å². The van der Waals surface area contributed by atoms with E-state index in [2.05, 4.69) is 22.0 Å². The van der Waals surface area contributed by atoms with Crippen LogP contribution in [0.4, 0.5) is 0 Å². The fourth-order valence-electron chi connectivity index (χ4n) is 2.38. The van der Waals surface area contributed by atoms with Crippen molar-refractivity contribution in [2.45, 2.75) is 32.7 Å². The number of amides is 1. The van der Waals surface area contributed by atoms with E-state index in [4.69, 9.17) is 9.26 Å². The number of hydrogen-bond donors (Lipinski definition) is 0. The maximum Gasteiger partial charge on any atom is 0.248 e. The molecule has 1 saturated heterocycles. The predicted octanol–water partition coefficient (Wildman–Crippen LogP) is 1.04. The van der Waals surface area contributed by atoms with Gasteiger partial charge in [0.1, 0.15) is 6.61 Å². The van der Waals surface area contributed by atoms with Crippen LogP contribution in [0.1, 0.15) is 44.4 Å². The molecule has 1 aromatic heterocycles. The van der Waals surface area contributed by atoms with Gasteiger partial charge in [0, 0.05) is 39.2 Å². The fourth-order valence-corrected chi connectivity index (χ4v) is 2.38. The Kier molecular flexibility index (Phi) is 5.30. The number of ether oxygens (including phenoxy) is 1. The zero-order valence-corrected chi connectivity index (χ0v) is 13.2. The second kappa shape index (κ2) is 7.00. The largest absolute Gasteiger partial charge is 0.375 e. The lowest BCUT2D eigenvalue weighted by Crippen LogP contribution is -2.50. The van der Waals surface area contributed by atoms with Crippen LogP contribution in [-0.2, 0) is 9.53 Å². The van der Waals surface area contributed by atoms with Gasteiger partial charge in [-0.3, -0.25) is 9.69 Å². The molecular weight excluding hydrogens is 272 g/mol. The molecule has 21 heavy (non-hydrogen) atoms. The van der Waals surface area contributed by atoms with E-state index in [0.29, 0.717) is 19.0 Å². The number of piperazine rings is 1. The highest BCUT2D eigenvalue weighted by Crippen LogP contribution is 2.21. The third-order valence-corrected chi connectivity index (χ3v) is 3.81. The summed E-state index contributed by atoms with van der Waals surface area (Å²) in [5.74, 6) is 1.70. The Morgan fingerprint density at radius 2 is 1.95 bits per heavy atom. The second-order valence-corrected chi connectivity index (χ2v) is 5.67. The minimum absolute atomic E-state index is 0.0460. The molecule has 1 atom stereocenters. The topological polar surface area (TPSA) is 71.7 Å². The highest BCUT2D eigenvalue weighted by molar-refractivity contribution is 5.77. The van der Waals surface area contributed by atoms with E-state index in [0.717, 1.165) is 18.9 Å². The van der Waals surface area contributed by atoms with Crippen LogP contribution in [0.25, 0.3) is 0 Å². The van der Waals surface area contributed by atoms with Gasteiger partial charge in [-0.2, -0.15) is 4.98 Å². The second-order valence-electron chi connectivity index (χ2n) is 5.67. The van der Waals surface area contributed by atoms with Gasteiger partial charge in [-0.1, -0.05) is 19.0 Å². The summed E-state index contributed by atoms with van der Waals surface area (Å²) in [4.78, 5) is 20.3. The number of hydrogen-bond acceptors (Lipinski definition) is 6. The van der Waals surface area contributed by atoms with E-state index < -0.39 is 0 Å². The first-order valence-corrected chi connectivity index (χ1v) is 7.37. The summed E-state index contributed by atoms with van der Waals surface area (Å²) < 4.78 is 10.2. The minimum atomic E-state index is 0.0460. The number of nitrogens with zero attached hydrogens (tertiary/aromatic N) is 4. The summed E-state index contributed by atoms with van der Waals surface area (Å²) >= 11 is 0. The van der Waals surface area contributed by atoms with Crippen molar-refractivity contribution in [1.29, 1.82) is 0 Å². The Morgan fingerprint density at radius 1 is 1.29 bits per heavy atom. The molecule has 2 heterocycles. The number of rotatable bonds is 5. The van der Waals surface area contributed by atoms with Crippen LogP contribution in [0.2, 0.25) is 0 Å². The highest BCUT2D eigenvalue weighted by atomic mass is 16.5. The van der Waals surface area contributed by atoms with E-state index in [1.807, 2.05) is 18.7 Å². The van der Waals surface area contributed by atoms with Crippen molar-refractivity contribution in [3.63, 3.8) is 0 Å². The summed E-state index contributed by atoms with van der Waals surface area (Å²) in [5.41, 5.74) is 0. The number of carbonyl (C=O) groups is 1. The van der Waals surface area contributed by atoms with Crippen LogP contribution in [0.5, 0.6) is 0 Å². The van der Waals surface area contributed by atoms with E-state index in [1.165, 1.54) is 7.11 Å². The first-order valence-electron chi connectivity index (χ1n) is 7.37. The van der Waals surface area contributed by atoms with Crippen molar-refractivity contribution < 1.29 is 14.1 Å². The standard InChI is InChI=1S/C14H24N4O3/c1-10(2)13-15-14(21-16-13)11(3)17-5-7-18(8-6-17)12(19)9-20-4/h10-11H,5-9H2,1-4H3/t11-/m1/s1. The van der Waals surface area contributed by atoms with Crippen molar-refractivity contribution in [1.82, 2.24) is 19.9 Å². The van der Waals surface area contributed by atoms with Gasteiger partial charge in [0.05, 0.1) is 6.04 Å². The van der Waals surface area contributed by atoms with Crippen LogP contribution in [0.3, 0.4) is 0 Å². The van der Waals surface area contributed by atoms with Gasteiger partial charge in [0.15, 0.2) is 5.82 Å². The van der Waals surface area contributed by atoms with Crippen LogP contribution in [-0.4, -0.2) is 65.7 Å². The van der Waals surface area contributed by atoms with E-state index >= 15 is 0 Å². The zero-order valence-electron chi connectivity index (χ0n) is 13.2. The molecule has 0 unspecified atom stereocenters. The molecule has 1 aliphatic rings. The van der Waals surface area contributed by atoms with Gasteiger partial charge in [-0.05, 0) is 6.92 Å². The van der Waals surface area contributed by atoms with Crippen LogP contribution in [0, 0.1) is 0 Å². The lowest BCUT2D eigenvalue weighted by molar-refractivity contribution is -0.137. The van der Waals surface area contributed by atoms with Gasteiger partial charge in [-0.15, -0.1) is 0 Å². The SMILES string of the molecule is COCC(=O)N1CCN([C@H](C)c2nc(C(C)C)no2)CC1. The van der Waals surface area contributed by atoms with Crippen molar-refractivity contribution in [3.05, 3.63) is 11.7 Å². The summed E-state index contributed by atoms with van der Waals surface area (Å²) in [6.07, 6.45) is 0. The molecule has 1 aliphatic heterocycles. The molecule has 0 saturated carbocycles. The van der Waals surface area contributed by atoms with Gasteiger partial charge in [0.2, 0.25) is 11.8 Å². The molecule has 0 radical (unpaired) electrons. The normalized spacial score (nSPS) is 18.2. The van der Waals surface area contributed by atoms with Crippen LogP contribution >= 0.6 is 0 Å². The Labute approximate surface area is 125 Å². The summed E-state index contributed by atoms with van der Waals surface area (Å²) in [5, 5.41) is 4.01. The van der Waals surface area contributed by atoms with Crippen LogP contribution in [0.15, 0.2) is 4.52 Å². The lowest BCUT2D eigenvalue weighted by Gasteiger charge is -2.36. The van der Waals surface area contributed by atoms with E-state index in [1.54, 1.807) is 0 Å². The van der Waals surface area contributed by atoms with Gasteiger partial charge >= 0.3 is 0 Å². The molecule has 0 aliphatic carbocycles.